The quantitative estimate of drug-likeness (QED) is 0.131. The highest BCUT2D eigenvalue weighted by atomic mass is 16.5. The van der Waals surface area contributed by atoms with E-state index in [9.17, 15) is 0 Å². The molecule has 56 heavy (non-hydrogen) atoms. The van der Waals surface area contributed by atoms with E-state index < -0.39 is 0 Å². The summed E-state index contributed by atoms with van der Waals surface area (Å²) in [5.41, 5.74) is 8.94. The van der Waals surface area contributed by atoms with Crippen molar-refractivity contribution in [2.75, 3.05) is 52.9 Å². The van der Waals surface area contributed by atoms with Crippen LogP contribution in [0.15, 0.2) is 133 Å². The van der Waals surface area contributed by atoms with Crippen LogP contribution in [0.1, 0.15) is 0 Å². The lowest BCUT2D eigenvalue weighted by atomic mass is 9.95. The summed E-state index contributed by atoms with van der Waals surface area (Å²) >= 11 is 0. The van der Waals surface area contributed by atoms with E-state index >= 15 is 0 Å². The van der Waals surface area contributed by atoms with E-state index in [0.717, 1.165) is 88.9 Å². The number of fused-ring (bicyclic) bond motifs is 4. The Morgan fingerprint density at radius 3 is 0.911 bits per heavy atom. The number of hydrogen-bond acceptors (Lipinski definition) is 6. The Balaban J connectivity index is 1.03. The van der Waals surface area contributed by atoms with E-state index in [2.05, 4.69) is 120 Å². The molecular weight excluding hydrogens is 701 g/mol. The van der Waals surface area contributed by atoms with Crippen molar-refractivity contribution in [1.82, 2.24) is 0 Å². The first kappa shape index (κ1) is 35.5. The zero-order valence-corrected chi connectivity index (χ0v) is 31.7. The van der Waals surface area contributed by atoms with Crippen LogP contribution in [0.5, 0.6) is 23.0 Å². The van der Waals surface area contributed by atoms with Crippen LogP contribution in [-0.2, 0) is 23.6 Å². The van der Waals surface area contributed by atoms with Crippen LogP contribution >= 0.6 is 0 Å². The molecule has 2 aromatic heterocycles. The Morgan fingerprint density at radius 1 is 0.339 bits per heavy atom. The summed E-state index contributed by atoms with van der Waals surface area (Å²) in [6.45, 7) is 3.40. The number of benzene rings is 6. The van der Waals surface area contributed by atoms with Gasteiger partial charge in [-0.1, -0.05) is 60.7 Å². The second kappa shape index (κ2) is 15.9. The van der Waals surface area contributed by atoms with Crippen LogP contribution in [0.2, 0.25) is 0 Å². The van der Waals surface area contributed by atoms with Crippen LogP contribution in [0.25, 0.3) is 65.9 Å². The number of aryl methyl sites for hydroxylation is 2. The summed E-state index contributed by atoms with van der Waals surface area (Å²) in [6.07, 6.45) is 0. The number of hydrogen-bond donors (Lipinski definition) is 0. The second-order valence-corrected chi connectivity index (χ2v) is 13.9. The topological polar surface area (TPSA) is 63.1 Å². The van der Waals surface area contributed by atoms with E-state index in [-0.39, 0.29) is 0 Å². The summed E-state index contributed by atoms with van der Waals surface area (Å²) in [5, 5.41) is 4.38. The molecule has 0 radical (unpaired) electrons. The first-order valence-electron chi connectivity index (χ1n) is 19.2. The number of ether oxygens (including phenoxy) is 6. The van der Waals surface area contributed by atoms with E-state index in [1.165, 1.54) is 0 Å². The van der Waals surface area contributed by atoms with Crippen LogP contribution in [-0.4, -0.2) is 52.9 Å². The lowest BCUT2D eigenvalue weighted by Gasteiger charge is -2.15. The number of nitrogens with zero attached hydrogens (tertiary/aromatic N) is 2. The van der Waals surface area contributed by atoms with Crippen molar-refractivity contribution < 1.29 is 37.6 Å². The minimum atomic E-state index is 0.414. The zero-order valence-electron chi connectivity index (χ0n) is 31.7. The van der Waals surface area contributed by atoms with Gasteiger partial charge in [0, 0.05) is 35.4 Å². The Kier molecular flexibility index (Phi) is 10.1. The molecule has 8 bridgehead atoms. The van der Waals surface area contributed by atoms with Crippen molar-refractivity contribution in [1.29, 1.82) is 0 Å². The average molecular weight is 745 g/mol. The van der Waals surface area contributed by atoms with E-state index in [1.807, 2.05) is 36.4 Å². The monoisotopic (exact) mass is 744 g/mol. The van der Waals surface area contributed by atoms with Gasteiger partial charge in [0.2, 0.25) is 22.1 Å². The van der Waals surface area contributed by atoms with Gasteiger partial charge < -0.3 is 28.4 Å². The fraction of sp³-hybridized carbons (Fsp3) is 0.208. The zero-order chi connectivity index (χ0) is 37.8. The van der Waals surface area contributed by atoms with E-state index in [0.29, 0.717) is 52.9 Å². The minimum absolute atomic E-state index is 0.414. The molecule has 1 aliphatic heterocycles. The minimum Gasteiger partial charge on any atom is -0.491 e. The van der Waals surface area contributed by atoms with Gasteiger partial charge in [-0.2, -0.15) is 9.13 Å². The third kappa shape index (κ3) is 7.05. The molecule has 8 heteroatoms. The SMILES string of the molecule is C[n+]1c2ccc3cc2c(-c2ccccc2)c2cc(ccc21)OCCOCCOc1ccc2c(c1)c(-c1ccccc1)c1cc(ccc1[n+]2C)OCCOCCO3. The highest BCUT2D eigenvalue weighted by Crippen LogP contribution is 2.39. The first-order chi connectivity index (χ1) is 27.6. The van der Waals surface area contributed by atoms with E-state index in [1.54, 1.807) is 0 Å². The second-order valence-electron chi connectivity index (χ2n) is 13.9. The van der Waals surface area contributed by atoms with Gasteiger partial charge >= 0.3 is 0 Å². The standard InChI is InChI=1S/C48H44N2O6/c1-49-43-17-13-35-29-39(43)47(33-9-5-3-6-10-33)40-30-36(14-18-44(40)49)54-26-22-52-24-28-56-38-16-20-46-42(32-38)48(34-11-7-4-8-12-34)41-31-37(15-19-45(41)50(46)2)55-27-23-51-21-25-53-35/h3-20,29-32H,21-28H2,1-2H3/q+2. The summed E-state index contributed by atoms with van der Waals surface area (Å²) in [6, 6.07) is 46.1. The number of rotatable bonds is 2. The van der Waals surface area contributed by atoms with Gasteiger partial charge in [-0.3, -0.25) is 0 Å². The van der Waals surface area contributed by atoms with Gasteiger partial charge in [0.15, 0.2) is 0 Å². The van der Waals surface area contributed by atoms with Crippen molar-refractivity contribution in [3.8, 4) is 45.3 Å². The molecule has 0 N–H and O–H groups in total. The molecule has 0 fully saturated rings. The maximum absolute atomic E-state index is 6.26. The summed E-state index contributed by atoms with van der Waals surface area (Å²) in [4.78, 5) is 0. The normalized spacial score (nSPS) is 14.5. The van der Waals surface area contributed by atoms with Gasteiger partial charge in [-0.15, -0.1) is 0 Å². The first-order valence-corrected chi connectivity index (χ1v) is 19.2. The molecule has 0 spiro atoms. The molecule has 1 aliphatic rings. The maximum atomic E-state index is 6.26. The van der Waals surface area contributed by atoms with Crippen molar-refractivity contribution >= 4 is 43.6 Å². The molecular formula is C48H44N2O6+2. The summed E-state index contributed by atoms with van der Waals surface area (Å²) < 4.78 is 41.5. The molecule has 6 aromatic carbocycles. The Labute approximate surface area is 326 Å². The van der Waals surface area contributed by atoms with Gasteiger partial charge in [0.05, 0.1) is 48.0 Å². The number of aromatic nitrogens is 2. The maximum Gasteiger partial charge on any atom is 0.213 e. The summed E-state index contributed by atoms with van der Waals surface area (Å²) in [7, 11) is 4.20. The Morgan fingerprint density at radius 2 is 0.625 bits per heavy atom. The van der Waals surface area contributed by atoms with Crippen molar-refractivity contribution in [3.63, 3.8) is 0 Å². The van der Waals surface area contributed by atoms with Gasteiger partial charge in [-0.05, 0) is 59.7 Å². The van der Waals surface area contributed by atoms with Crippen molar-refractivity contribution in [2.45, 2.75) is 0 Å². The van der Waals surface area contributed by atoms with Crippen LogP contribution in [0.4, 0.5) is 0 Å². The Bertz CT molecular complexity index is 2360. The summed E-state index contributed by atoms with van der Waals surface area (Å²) in [5.74, 6) is 3.14. The molecule has 0 unspecified atom stereocenters. The Hall–Kier alpha value is -6.22. The molecule has 0 aliphatic carbocycles. The fourth-order valence-electron chi connectivity index (χ4n) is 7.85. The van der Waals surface area contributed by atoms with Crippen LogP contribution < -0.4 is 28.1 Å². The predicted molar refractivity (Wildman–Crippen MR) is 220 cm³/mol. The largest absolute Gasteiger partial charge is 0.491 e. The number of pyridine rings is 2. The van der Waals surface area contributed by atoms with Crippen LogP contribution in [0.3, 0.4) is 0 Å². The lowest BCUT2D eigenvalue weighted by molar-refractivity contribution is -0.617. The molecule has 0 atom stereocenters. The highest BCUT2D eigenvalue weighted by Gasteiger charge is 2.22. The molecule has 0 saturated carbocycles. The van der Waals surface area contributed by atoms with Gasteiger partial charge in [0.1, 0.15) is 63.5 Å². The highest BCUT2D eigenvalue weighted by molar-refractivity contribution is 6.09. The van der Waals surface area contributed by atoms with Crippen molar-refractivity contribution in [3.05, 3.63) is 133 Å². The molecule has 0 amide bonds. The molecule has 280 valence electrons. The third-order valence-electron chi connectivity index (χ3n) is 10.5. The smallest absolute Gasteiger partial charge is 0.213 e. The molecule has 3 heterocycles. The van der Waals surface area contributed by atoms with Gasteiger partial charge in [0.25, 0.3) is 0 Å². The van der Waals surface area contributed by atoms with Gasteiger partial charge in [-0.25, -0.2) is 0 Å². The average Bonchev–Trinajstić information content (AvgIpc) is 3.23. The molecule has 9 rings (SSSR count). The molecule has 0 saturated heterocycles. The van der Waals surface area contributed by atoms with E-state index in [4.69, 9.17) is 28.4 Å². The third-order valence-corrected chi connectivity index (χ3v) is 10.5. The lowest BCUT2D eigenvalue weighted by Crippen LogP contribution is -2.30. The van der Waals surface area contributed by atoms with Crippen LogP contribution in [0, 0.1) is 0 Å². The molecule has 8 aromatic rings. The predicted octanol–water partition coefficient (Wildman–Crippen LogP) is 8.54. The van der Waals surface area contributed by atoms with Crippen molar-refractivity contribution in [2.24, 2.45) is 14.1 Å². The molecule has 8 nitrogen and oxygen atoms in total. The fourth-order valence-corrected chi connectivity index (χ4v) is 7.85.